The van der Waals surface area contributed by atoms with E-state index in [0.717, 1.165) is 0 Å². The Hall–Kier alpha value is -1.71. The number of carboxylic acids is 1. The highest BCUT2D eigenvalue weighted by molar-refractivity contribution is 7.89. The van der Waals surface area contributed by atoms with Gasteiger partial charge in [-0.25, -0.2) is 13.1 Å². The number of nitrogens with zero attached hydrogens (tertiary/aromatic N) is 2. The Morgan fingerprint density at radius 2 is 2.30 bits per heavy atom. The first-order chi connectivity index (χ1) is 9.40. The Balaban J connectivity index is 2.28. The number of nitrogens with one attached hydrogen (secondary N) is 1. The minimum Gasteiger partial charge on any atom is -0.481 e. The summed E-state index contributed by atoms with van der Waals surface area (Å²) in [6.45, 7) is 0. The zero-order valence-electron chi connectivity index (χ0n) is 10.6. The van der Waals surface area contributed by atoms with E-state index in [1.165, 1.54) is 35.3 Å². The largest absolute Gasteiger partial charge is 0.481 e. The van der Waals surface area contributed by atoms with Crippen LogP contribution in [0.5, 0.6) is 0 Å². The lowest BCUT2D eigenvalue weighted by Gasteiger charge is -2.15. The third-order valence-corrected chi connectivity index (χ3v) is 5.15. The fourth-order valence-corrected chi connectivity index (χ4v) is 3.93. The smallest absolute Gasteiger partial charge is 0.305 e. The lowest BCUT2D eigenvalue weighted by molar-refractivity contribution is -0.137. The molecule has 0 aliphatic rings. The zero-order chi connectivity index (χ0) is 14.8. The summed E-state index contributed by atoms with van der Waals surface area (Å²) >= 11 is 1.30. The lowest BCUT2D eigenvalue weighted by atomic mass is 10.2. The standard InChI is InChI=1S/C11H13N3O4S2/c1-14-10(4-5-12-14)20(17,18)13-8(7-11(15)16)9-3-2-6-19-9/h2-6,8,13H,7H2,1H3,(H,15,16). The maximum atomic E-state index is 12.2. The molecule has 1 atom stereocenters. The highest BCUT2D eigenvalue weighted by atomic mass is 32.2. The van der Waals surface area contributed by atoms with Crippen LogP contribution in [0, 0.1) is 0 Å². The van der Waals surface area contributed by atoms with Crippen LogP contribution in [0.3, 0.4) is 0 Å². The van der Waals surface area contributed by atoms with Gasteiger partial charge in [-0.3, -0.25) is 9.48 Å². The molecule has 2 N–H and O–H groups in total. The van der Waals surface area contributed by atoms with Crippen LogP contribution in [0.25, 0.3) is 0 Å². The first-order valence-electron chi connectivity index (χ1n) is 5.65. The Kier molecular flexibility index (Phi) is 4.21. The molecule has 0 fully saturated rings. The number of aliphatic carboxylic acids is 1. The van der Waals surface area contributed by atoms with Gasteiger partial charge >= 0.3 is 5.97 Å². The van der Waals surface area contributed by atoms with Crippen molar-refractivity contribution in [3.8, 4) is 0 Å². The molecule has 2 aromatic heterocycles. The number of aromatic nitrogens is 2. The number of carboxylic acid groups (broad SMARTS) is 1. The van der Waals surface area contributed by atoms with Crippen molar-refractivity contribution in [1.29, 1.82) is 0 Å². The van der Waals surface area contributed by atoms with Gasteiger partial charge in [0.15, 0.2) is 5.03 Å². The van der Waals surface area contributed by atoms with Crippen molar-refractivity contribution < 1.29 is 18.3 Å². The number of thiophene rings is 1. The number of carbonyl (C=O) groups is 1. The summed E-state index contributed by atoms with van der Waals surface area (Å²) in [6.07, 6.45) is 1.05. The van der Waals surface area contributed by atoms with Crippen molar-refractivity contribution in [2.75, 3.05) is 0 Å². The lowest BCUT2D eigenvalue weighted by Crippen LogP contribution is -2.31. The van der Waals surface area contributed by atoms with Crippen molar-refractivity contribution in [2.24, 2.45) is 7.05 Å². The summed E-state index contributed by atoms with van der Waals surface area (Å²) < 4.78 is 28.1. The van der Waals surface area contributed by atoms with E-state index in [2.05, 4.69) is 9.82 Å². The van der Waals surface area contributed by atoms with Crippen LogP contribution in [-0.4, -0.2) is 29.3 Å². The topological polar surface area (TPSA) is 101 Å². The predicted octanol–water partition coefficient (Wildman–Crippen LogP) is 0.976. The minimum atomic E-state index is -3.82. The summed E-state index contributed by atoms with van der Waals surface area (Å²) in [5.74, 6) is -1.07. The van der Waals surface area contributed by atoms with E-state index >= 15 is 0 Å². The Morgan fingerprint density at radius 3 is 2.80 bits per heavy atom. The van der Waals surface area contributed by atoms with E-state index in [1.807, 2.05) is 0 Å². The predicted molar refractivity (Wildman–Crippen MR) is 72.8 cm³/mol. The molecule has 108 valence electrons. The zero-order valence-corrected chi connectivity index (χ0v) is 12.2. The van der Waals surface area contributed by atoms with E-state index in [-0.39, 0.29) is 11.4 Å². The molecule has 0 aliphatic carbocycles. The van der Waals surface area contributed by atoms with Gasteiger partial charge < -0.3 is 5.11 Å². The average molecular weight is 315 g/mol. The molecule has 0 bridgehead atoms. The van der Waals surface area contributed by atoms with Gasteiger partial charge in [0.1, 0.15) is 0 Å². The molecule has 7 nitrogen and oxygen atoms in total. The molecule has 20 heavy (non-hydrogen) atoms. The van der Waals surface area contributed by atoms with Crippen molar-refractivity contribution in [3.05, 3.63) is 34.7 Å². The van der Waals surface area contributed by atoms with Crippen LogP contribution in [0.2, 0.25) is 0 Å². The number of sulfonamides is 1. The fraction of sp³-hybridized carbons (Fsp3) is 0.273. The third-order valence-electron chi connectivity index (χ3n) is 2.61. The van der Waals surface area contributed by atoms with Crippen LogP contribution in [0.4, 0.5) is 0 Å². The Bertz CT molecular complexity index is 691. The molecule has 0 radical (unpaired) electrons. The number of rotatable bonds is 6. The van der Waals surface area contributed by atoms with Gasteiger partial charge in [-0.2, -0.15) is 5.10 Å². The second kappa shape index (κ2) is 5.73. The second-order valence-corrected chi connectivity index (χ2v) is 6.72. The molecule has 0 saturated carbocycles. The van der Waals surface area contributed by atoms with Crippen molar-refractivity contribution in [2.45, 2.75) is 17.5 Å². The van der Waals surface area contributed by atoms with E-state index in [9.17, 15) is 13.2 Å². The fourth-order valence-electron chi connectivity index (χ4n) is 1.74. The number of hydrogen-bond donors (Lipinski definition) is 2. The van der Waals surface area contributed by atoms with Gasteiger partial charge in [0.2, 0.25) is 0 Å². The molecular formula is C11H13N3O4S2. The van der Waals surface area contributed by atoms with Crippen LogP contribution < -0.4 is 4.72 Å². The van der Waals surface area contributed by atoms with Crippen LogP contribution >= 0.6 is 11.3 Å². The van der Waals surface area contributed by atoms with Gasteiger partial charge in [0, 0.05) is 11.9 Å². The molecule has 1 unspecified atom stereocenters. The maximum Gasteiger partial charge on any atom is 0.305 e. The maximum absolute atomic E-state index is 12.2. The summed E-state index contributed by atoms with van der Waals surface area (Å²) in [4.78, 5) is 11.5. The Morgan fingerprint density at radius 1 is 1.55 bits per heavy atom. The van der Waals surface area contributed by atoms with Crippen molar-refractivity contribution in [1.82, 2.24) is 14.5 Å². The van der Waals surface area contributed by atoms with Crippen LogP contribution in [0.1, 0.15) is 17.3 Å². The monoisotopic (exact) mass is 315 g/mol. The summed E-state index contributed by atoms with van der Waals surface area (Å²) in [5.41, 5.74) is 0. The van der Waals surface area contributed by atoms with Crippen molar-refractivity contribution >= 4 is 27.3 Å². The van der Waals surface area contributed by atoms with E-state index in [0.29, 0.717) is 4.88 Å². The van der Waals surface area contributed by atoms with Gasteiger partial charge in [-0.1, -0.05) is 6.07 Å². The highest BCUT2D eigenvalue weighted by Crippen LogP contribution is 2.24. The van der Waals surface area contributed by atoms with Crippen LogP contribution in [-0.2, 0) is 21.9 Å². The third kappa shape index (κ3) is 3.24. The normalized spacial score (nSPS) is 13.2. The molecular weight excluding hydrogens is 302 g/mol. The molecule has 9 heteroatoms. The molecule has 0 aliphatic heterocycles. The molecule has 2 rings (SSSR count). The second-order valence-electron chi connectivity index (χ2n) is 4.08. The average Bonchev–Trinajstić information content (AvgIpc) is 2.97. The quantitative estimate of drug-likeness (QED) is 0.827. The SMILES string of the molecule is Cn1nccc1S(=O)(=O)NC(CC(=O)O)c1cccs1. The summed E-state index contributed by atoms with van der Waals surface area (Å²) in [5, 5.41) is 14.5. The highest BCUT2D eigenvalue weighted by Gasteiger charge is 2.26. The van der Waals surface area contributed by atoms with E-state index in [1.54, 1.807) is 17.5 Å². The van der Waals surface area contributed by atoms with Gasteiger partial charge in [-0.05, 0) is 17.5 Å². The molecule has 0 amide bonds. The molecule has 0 saturated heterocycles. The summed E-state index contributed by atoms with van der Waals surface area (Å²) in [6, 6.07) is 4.00. The number of hydrogen-bond acceptors (Lipinski definition) is 5. The minimum absolute atomic E-state index is 0.00977. The molecule has 2 heterocycles. The Labute approximate surface area is 119 Å². The van der Waals surface area contributed by atoms with Gasteiger partial charge in [0.05, 0.1) is 18.7 Å². The molecule has 0 spiro atoms. The van der Waals surface area contributed by atoms with Gasteiger partial charge in [-0.15, -0.1) is 11.3 Å². The van der Waals surface area contributed by atoms with Crippen LogP contribution in [0.15, 0.2) is 34.8 Å². The summed E-state index contributed by atoms with van der Waals surface area (Å²) in [7, 11) is -2.32. The van der Waals surface area contributed by atoms with E-state index in [4.69, 9.17) is 5.11 Å². The first kappa shape index (κ1) is 14.7. The van der Waals surface area contributed by atoms with Gasteiger partial charge in [0.25, 0.3) is 10.0 Å². The molecule has 0 aromatic carbocycles. The van der Waals surface area contributed by atoms with E-state index < -0.39 is 22.0 Å². The number of aryl methyl sites for hydroxylation is 1. The first-order valence-corrected chi connectivity index (χ1v) is 8.02. The molecule has 2 aromatic rings. The van der Waals surface area contributed by atoms with Crippen molar-refractivity contribution in [3.63, 3.8) is 0 Å².